The molecule has 0 aliphatic rings. The fraction of sp³-hybridized carbons (Fsp3) is 0.400. The van der Waals surface area contributed by atoms with E-state index in [1.165, 1.54) is 12.1 Å². The zero-order chi connectivity index (χ0) is 13.8. The second-order valence-corrected chi connectivity index (χ2v) is 4.78. The topological polar surface area (TPSA) is 29.9 Å². The largest absolute Gasteiger partial charge is 0.306 e. The Labute approximate surface area is 113 Å². The normalized spacial score (nSPS) is 12.6. The van der Waals surface area contributed by atoms with E-state index in [9.17, 15) is 4.39 Å². The smallest absolute Gasteiger partial charge is 0.123 e. The fourth-order valence-corrected chi connectivity index (χ4v) is 2.25. The summed E-state index contributed by atoms with van der Waals surface area (Å²) < 4.78 is 14.9. The average molecular weight is 261 g/mol. The van der Waals surface area contributed by atoms with Gasteiger partial charge in [-0.2, -0.15) is 5.10 Å². The summed E-state index contributed by atoms with van der Waals surface area (Å²) in [5.41, 5.74) is 3.20. The molecule has 0 aliphatic heterocycles. The van der Waals surface area contributed by atoms with Gasteiger partial charge in [-0.3, -0.25) is 4.68 Å². The van der Waals surface area contributed by atoms with Gasteiger partial charge in [-0.25, -0.2) is 4.39 Å². The van der Waals surface area contributed by atoms with E-state index in [2.05, 4.69) is 17.3 Å². The summed E-state index contributed by atoms with van der Waals surface area (Å²) in [6.45, 7) is 5.04. The molecule has 0 radical (unpaired) electrons. The van der Waals surface area contributed by atoms with Gasteiger partial charge in [0.2, 0.25) is 0 Å². The van der Waals surface area contributed by atoms with Crippen LogP contribution in [-0.2, 0) is 7.05 Å². The first-order chi connectivity index (χ1) is 9.11. The van der Waals surface area contributed by atoms with Crippen molar-refractivity contribution < 1.29 is 4.39 Å². The molecule has 3 nitrogen and oxygen atoms in total. The standard InChI is InChI=1S/C15H20FN3/c1-4-9-17-15(12-5-7-13(16)8-6-12)14-10-19(3)18-11(14)2/h5-8,10,15,17H,4,9H2,1-3H3. The molecule has 102 valence electrons. The Hall–Kier alpha value is -1.68. The molecule has 1 aromatic heterocycles. The van der Waals surface area contributed by atoms with Crippen molar-refractivity contribution in [3.05, 3.63) is 53.1 Å². The van der Waals surface area contributed by atoms with Gasteiger partial charge < -0.3 is 5.32 Å². The number of hydrogen-bond acceptors (Lipinski definition) is 2. The summed E-state index contributed by atoms with van der Waals surface area (Å²) in [4.78, 5) is 0. The van der Waals surface area contributed by atoms with Crippen LogP contribution in [0.15, 0.2) is 30.5 Å². The number of nitrogens with zero attached hydrogens (tertiary/aromatic N) is 2. The Bertz CT molecular complexity index is 531. The van der Waals surface area contributed by atoms with Gasteiger partial charge in [-0.15, -0.1) is 0 Å². The van der Waals surface area contributed by atoms with Crippen LogP contribution in [0, 0.1) is 12.7 Å². The molecule has 0 spiro atoms. The highest BCUT2D eigenvalue weighted by atomic mass is 19.1. The van der Waals surface area contributed by atoms with Crippen LogP contribution in [-0.4, -0.2) is 16.3 Å². The maximum Gasteiger partial charge on any atom is 0.123 e. The first-order valence-electron chi connectivity index (χ1n) is 6.60. The number of nitrogens with one attached hydrogen (secondary N) is 1. The molecule has 0 saturated heterocycles. The predicted molar refractivity (Wildman–Crippen MR) is 74.5 cm³/mol. The van der Waals surface area contributed by atoms with E-state index < -0.39 is 0 Å². The Kier molecular flexibility index (Phi) is 4.32. The van der Waals surface area contributed by atoms with Crippen molar-refractivity contribution in [3.63, 3.8) is 0 Å². The van der Waals surface area contributed by atoms with Gasteiger partial charge in [-0.1, -0.05) is 19.1 Å². The maximum absolute atomic E-state index is 13.1. The minimum Gasteiger partial charge on any atom is -0.306 e. The van der Waals surface area contributed by atoms with Crippen molar-refractivity contribution in [2.45, 2.75) is 26.3 Å². The second kappa shape index (κ2) is 5.97. The molecule has 1 heterocycles. The quantitative estimate of drug-likeness (QED) is 0.896. The molecule has 0 saturated carbocycles. The first kappa shape index (κ1) is 13.7. The van der Waals surface area contributed by atoms with Crippen LogP contribution in [0.5, 0.6) is 0 Å². The lowest BCUT2D eigenvalue weighted by atomic mass is 9.99. The third kappa shape index (κ3) is 3.20. The molecular formula is C15H20FN3. The highest BCUT2D eigenvalue weighted by Crippen LogP contribution is 2.24. The lowest BCUT2D eigenvalue weighted by molar-refractivity contribution is 0.591. The van der Waals surface area contributed by atoms with E-state index in [1.807, 2.05) is 37.0 Å². The summed E-state index contributed by atoms with van der Waals surface area (Å²) in [5, 5.41) is 7.89. The Morgan fingerprint density at radius 2 is 2.00 bits per heavy atom. The number of aromatic nitrogens is 2. The van der Waals surface area contributed by atoms with Crippen molar-refractivity contribution in [3.8, 4) is 0 Å². The van der Waals surface area contributed by atoms with Gasteiger partial charge in [0.1, 0.15) is 5.82 Å². The number of rotatable bonds is 5. The predicted octanol–water partition coefficient (Wildman–Crippen LogP) is 2.96. The summed E-state index contributed by atoms with van der Waals surface area (Å²) in [6, 6.07) is 6.72. The first-order valence-corrected chi connectivity index (χ1v) is 6.60. The maximum atomic E-state index is 13.1. The van der Waals surface area contributed by atoms with Crippen molar-refractivity contribution in [2.24, 2.45) is 7.05 Å². The van der Waals surface area contributed by atoms with Crippen LogP contribution in [0.1, 0.15) is 36.2 Å². The lowest BCUT2D eigenvalue weighted by Gasteiger charge is -2.18. The number of aryl methyl sites for hydroxylation is 2. The molecule has 1 aromatic carbocycles. The van der Waals surface area contributed by atoms with Gasteiger partial charge in [-0.05, 0) is 37.6 Å². The molecule has 1 atom stereocenters. The third-order valence-electron chi connectivity index (χ3n) is 3.16. The highest BCUT2D eigenvalue weighted by molar-refractivity contribution is 5.32. The van der Waals surface area contributed by atoms with E-state index in [1.54, 1.807) is 0 Å². The van der Waals surface area contributed by atoms with Crippen molar-refractivity contribution >= 4 is 0 Å². The molecule has 0 bridgehead atoms. The zero-order valence-corrected chi connectivity index (χ0v) is 11.7. The van der Waals surface area contributed by atoms with Crippen LogP contribution in [0.3, 0.4) is 0 Å². The van der Waals surface area contributed by atoms with E-state index in [-0.39, 0.29) is 11.9 Å². The van der Waals surface area contributed by atoms with Crippen molar-refractivity contribution in [2.75, 3.05) is 6.54 Å². The van der Waals surface area contributed by atoms with E-state index in [0.717, 1.165) is 29.8 Å². The summed E-state index contributed by atoms with van der Waals surface area (Å²) >= 11 is 0. The van der Waals surface area contributed by atoms with Crippen LogP contribution in [0.2, 0.25) is 0 Å². The minimum atomic E-state index is -0.207. The van der Waals surface area contributed by atoms with E-state index in [4.69, 9.17) is 0 Å². The van der Waals surface area contributed by atoms with Crippen LogP contribution in [0.25, 0.3) is 0 Å². The third-order valence-corrected chi connectivity index (χ3v) is 3.16. The molecule has 0 aliphatic carbocycles. The van der Waals surface area contributed by atoms with E-state index >= 15 is 0 Å². The summed E-state index contributed by atoms with van der Waals surface area (Å²) in [6.07, 6.45) is 3.07. The molecule has 19 heavy (non-hydrogen) atoms. The Balaban J connectivity index is 2.35. The van der Waals surface area contributed by atoms with Gasteiger partial charge in [0.05, 0.1) is 11.7 Å². The van der Waals surface area contributed by atoms with Gasteiger partial charge in [0.15, 0.2) is 0 Å². The fourth-order valence-electron chi connectivity index (χ4n) is 2.25. The van der Waals surface area contributed by atoms with Gasteiger partial charge >= 0.3 is 0 Å². The molecule has 4 heteroatoms. The Morgan fingerprint density at radius 3 is 2.53 bits per heavy atom. The summed E-state index contributed by atoms with van der Waals surface area (Å²) in [5.74, 6) is -0.207. The Morgan fingerprint density at radius 1 is 1.32 bits per heavy atom. The number of benzene rings is 1. The zero-order valence-electron chi connectivity index (χ0n) is 11.7. The molecule has 0 amide bonds. The molecule has 2 rings (SSSR count). The molecular weight excluding hydrogens is 241 g/mol. The monoisotopic (exact) mass is 261 g/mol. The van der Waals surface area contributed by atoms with Crippen molar-refractivity contribution in [1.82, 2.24) is 15.1 Å². The van der Waals surface area contributed by atoms with Crippen molar-refractivity contribution in [1.29, 1.82) is 0 Å². The number of halogens is 1. The molecule has 1 N–H and O–H groups in total. The minimum absolute atomic E-state index is 0.0641. The van der Waals surface area contributed by atoms with E-state index in [0.29, 0.717) is 0 Å². The van der Waals surface area contributed by atoms with Crippen LogP contribution < -0.4 is 5.32 Å². The van der Waals surface area contributed by atoms with Gasteiger partial charge in [0, 0.05) is 18.8 Å². The lowest BCUT2D eigenvalue weighted by Crippen LogP contribution is -2.23. The molecule has 2 aromatic rings. The number of hydrogen-bond donors (Lipinski definition) is 1. The molecule has 1 unspecified atom stereocenters. The SMILES string of the molecule is CCCNC(c1ccc(F)cc1)c1cn(C)nc1C. The average Bonchev–Trinajstić information content (AvgIpc) is 2.71. The summed E-state index contributed by atoms with van der Waals surface area (Å²) in [7, 11) is 1.91. The highest BCUT2D eigenvalue weighted by Gasteiger charge is 2.17. The van der Waals surface area contributed by atoms with Crippen LogP contribution in [0.4, 0.5) is 4.39 Å². The molecule has 0 fully saturated rings. The van der Waals surface area contributed by atoms with Crippen LogP contribution >= 0.6 is 0 Å². The van der Waals surface area contributed by atoms with Gasteiger partial charge in [0.25, 0.3) is 0 Å². The second-order valence-electron chi connectivity index (χ2n) is 4.78.